The van der Waals surface area contributed by atoms with E-state index < -0.39 is 0 Å². The lowest BCUT2D eigenvalue weighted by molar-refractivity contribution is 0.200. The largest absolute Gasteiger partial charge is 0.306 e. The first-order valence-corrected chi connectivity index (χ1v) is 16.5. The number of hydrogen-bond acceptors (Lipinski definition) is 5. The molecule has 5 aliphatic heterocycles. The molecule has 0 aromatic rings. The van der Waals surface area contributed by atoms with Crippen molar-refractivity contribution in [2.45, 2.75) is 123 Å². The third-order valence-electron chi connectivity index (χ3n) is 9.79. The average Bonchev–Trinajstić information content (AvgIpc) is 3.46. The Bertz CT molecular complexity index is 484. The number of nitrogens with zero attached hydrogens (tertiary/aromatic N) is 5. The van der Waals surface area contributed by atoms with Gasteiger partial charge in [0, 0.05) is 24.7 Å². The van der Waals surface area contributed by atoms with Gasteiger partial charge in [-0.25, -0.2) is 0 Å². The number of piperidine rings is 3. The lowest BCUT2D eigenvalue weighted by atomic mass is 10.00. The van der Waals surface area contributed by atoms with Crippen LogP contribution < -0.4 is 0 Å². The van der Waals surface area contributed by atoms with Crippen molar-refractivity contribution in [2.24, 2.45) is 11.8 Å². The fourth-order valence-electron chi connectivity index (χ4n) is 5.85. The van der Waals surface area contributed by atoms with E-state index in [1.807, 2.05) is 0 Å². The molecule has 38 heavy (non-hydrogen) atoms. The van der Waals surface area contributed by atoms with E-state index in [2.05, 4.69) is 94.4 Å². The first-order chi connectivity index (χ1) is 18.0. The van der Waals surface area contributed by atoms with Crippen molar-refractivity contribution in [1.29, 1.82) is 0 Å². The molecule has 0 radical (unpaired) electrons. The predicted molar refractivity (Wildman–Crippen MR) is 170 cm³/mol. The molecule has 5 rings (SSSR count). The van der Waals surface area contributed by atoms with Crippen molar-refractivity contribution < 1.29 is 0 Å². The van der Waals surface area contributed by atoms with E-state index in [0.717, 1.165) is 30.0 Å². The summed E-state index contributed by atoms with van der Waals surface area (Å²) in [6.07, 6.45) is 15.5. The van der Waals surface area contributed by atoms with E-state index in [-0.39, 0.29) is 0 Å². The Balaban J connectivity index is 0.000000238. The molecule has 5 saturated heterocycles. The molecule has 0 N–H and O–H groups in total. The van der Waals surface area contributed by atoms with Crippen molar-refractivity contribution in [3.05, 3.63) is 0 Å². The molecule has 0 aromatic heterocycles. The molecule has 4 unspecified atom stereocenters. The molecule has 0 aromatic carbocycles. The number of hydrogen-bond donors (Lipinski definition) is 0. The van der Waals surface area contributed by atoms with Gasteiger partial charge in [0.05, 0.1) is 0 Å². The highest BCUT2D eigenvalue weighted by atomic mass is 15.1. The summed E-state index contributed by atoms with van der Waals surface area (Å²) in [5.74, 6) is 1.93. The molecule has 4 atom stereocenters. The van der Waals surface area contributed by atoms with Crippen LogP contribution in [-0.2, 0) is 0 Å². The van der Waals surface area contributed by atoms with Crippen molar-refractivity contribution in [2.75, 3.05) is 81.1 Å². The monoisotopic (exact) mass is 538 g/mol. The predicted octanol–water partition coefficient (Wildman–Crippen LogP) is 6.39. The zero-order valence-electron chi connectivity index (χ0n) is 27.9. The average molecular weight is 538 g/mol. The molecule has 228 valence electrons. The topological polar surface area (TPSA) is 16.2 Å². The maximum Gasteiger partial charge on any atom is 0.00643 e. The molecule has 5 aliphatic rings. The van der Waals surface area contributed by atoms with Gasteiger partial charge in [0.25, 0.3) is 0 Å². The Morgan fingerprint density at radius 3 is 0.947 bits per heavy atom. The van der Waals surface area contributed by atoms with Crippen LogP contribution in [0.3, 0.4) is 0 Å². The van der Waals surface area contributed by atoms with Gasteiger partial charge >= 0.3 is 0 Å². The minimum absolute atomic E-state index is 0.837. The molecular formula is C33H71N5. The van der Waals surface area contributed by atoms with Gasteiger partial charge in [-0.3, -0.25) is 0 Å². The van der Waals surface area contributed by atoms with E-state index in [4.69, 9.17) is 0 Å². The van der Waals surface area contributed by atoms with Crippen LogP contribution >= 0.6 is 0 Å². The first-order valence-electron chi connectivity index (χ1n) is 16.5. The third kappa shape index (κ3) is 16.8. The summed E-state index contributed by atoms with van der Waals surface area (Å²) >= 11 is 0. The van der Waals surface area contributed by atoms with Crippen molar-refractivity contribution >= 4 is 0 Å². The molecule has 5 heteroatoms. The van der Waals surface area contributed by atoms with Crippen LogP contribution in [0, 0.1) is 11.8 Å². The van der Waals surface area contributed by atoms with Gasteiger partial charge < -0.3 is 24.5 Å². The van der Waals surface area contributed by atoms with Crippen molar-refractivity contribution in [3.8, 4) is 0 Å². The normalized spacial score (nSPS) is 32.1. The summed E-state index contributed by atoms with van der Waals surface area (Å²) in [6.45, 7) is 20.7. The van der Waals surface area contributed by atoms with Gasteiger partial charge in [0.1, 0.15) is 0 Å². The first kappa shape index (κ1) is 35.8. The van der Waals surface area contributed by atoms with Gasteiger partial charge in [-0.1, -0.05) is 26.7 Å². The molecule has 5 nitrogen and oxygen atoms in total. The van der Waals surface area contributed by atoms with Gasteiger partial charge in [-0.15, -0.1) is 0 Å². The van der Waals surface area contributed by atoms with Crippen LogP contribution in [0.2, 0.25) is 0 Å². The van der Waals surface area contributed by atoms with E-state index in [0.29, 0.717) is 0 Å². The van der Waals surface area contributed by atoms with Crippen LogP contribution in [0.1, 0.15) is 105 Å². The maximum absolute atomic E-state index is 2.43. The Kier molecular flexibility index (Phi) is 19.5. The number of rotatable bonds is 0. The lowest BCUT2D eigenvalue weighted by Gasteiger charge is -2.29. The standard InChI is InChI=1S/3C7H15N.2C6H13N/c1-7-3-5-8(2)6-4-7;2*1-7-5-3-4-6-8(7)2;1-6-3-4-7(2)5-6;1-6-4-3-5-7(6)2/h3*7H,3-6H2,1-2H3;2*6H,3-5H2,1-2H3. The second kappa shape index (κ2) is 20.6. The van der Waals surface area contributed by atoms with Crippen LogP contribution in [0.25, 0.3) is 0 Å². The minimum atomic E-state index is 0.837. The van der Waals surface area contributed by atoms with Gasteiger partial charge in [0.15, 0.2) is 0 Å². The second-order valence-electron chi connectivity index (χ2n) is 13.8. The summed E-state index contributed by atoms with van der Waals surface area (Å²) in [4.78, 5) is 12.1. The summed E-state index contributed by atoms with van der Waals surface area (Å²) in [7, 11) is 11.0. The fraction of sp³-hybridized carbons (Fsp3) is 1.00. The lowest BCUT2D eigenvalue weighted by Crippen LogP contribution is -2.33. The highest BCUT2D eigenvalue weighted by Crippen LogP contribution is 2.15. The molecule has 0 aliphatic carbocycles. The summed E-state index contributed by atoms with van der Waals surface area (Å²) in [5.41, 5.74) is 0. The van der Waals surface area contributed by atoms with E-state index in [1.165, 1.54) is 116 Å². The molecular weight excluding hydrogens is 466 g/mol. The van der Waals surface area contributed by atoms with Crippen LogP contribution in [0.4, 0.5) is 0 Å². The highest BCUT2D eigenvalue weighted by Gasteiger charge is 2.15. The Morgan fingerprint density at radius 2 is 0.737 bits per heavy atom. The molecule has 0 spiro atoms. The van der Waals surface area contributed by atoms with Crippen LogP contribution in [0.5, 0.6) is 0 Å². The zero-order valence-corrected chi connectivity index (χ0v) is 27.9. The SMILES string of the molecule is CC1CCCCN1C.CC1CCCCN1C.CC1CCCN1C.CC1CCN(C)C1.CC1CCN(C)CC1. The second-order valence-corrected chi connectivity index (χ2v) is 13.8. The smallest absolute Gasteiger partial charge is 0.00643 e. The highest BCUT2D eigenvalue weighted by molar-refractivity contribution is 4.71. The van der Waals surface area contributed by atoms with Crippen molar-refractivity contribution in [1.82, 2.24) is 24.5 Å². The quantitative estimate of drug-likeness (QED) is 0.355. The fourth-order valence-corrected chi connectivity index (χ4v) is 5.85. The Hall–Kier alpha value is -0.200. The summed E-state index contributed by atoms with van der Waals surface area (Å²) < 4.78 is 0. The summed E-state index contributed by atoms with van der Waals surface area (Å²) in [5, 5.41) is 0. The van der Waals surface area contributed by atoms with E-state index in [1.54, 1.807) is 0 Å². The molecule has 0 saturated carbocycles. The zero-order chi connectivity index (χ0) is 28.5. The molecule has 0 bridgehead atoms. The minimum Gasteiger partial charge on any atom is -0.306 e. The third-order valence-corrected chi connectivity index (χ3v) is 9.79. The number of likely N-dealkylation sites (tertiary alicyclic amines) is 5. The molecule has 5 fully saturated rings. The molecule has 0 amide bonds. The van der Waals surface area contributed by atoms with E-state index >= 15 is 0 Å². The van der Waals surface area contributed by atoms with Crippen LogP contribution in [0.15, 0.2) is 0 Å². The Labute approximate surface area is 240 Å². The summed E-state index contributed by atoms with van der Waals surface area (Å²) in [6, 6.07) is 2.52. The van der Waals surface area contributed by atoms with Gasteiger partial charge in [-0.2, -0.15) is 0 Å². The van der Waals surface area contributed by atoms with Gasteiger partial charge in [-0.05, 0) is 165 Å². The maximum atomic E-state index is 2.43. The Morgan fingerprint density at radius 1 is 0.368 bits per heavy atom. The van der Waals surface area contributed by atoms with E-state index in [9.17, 15) is 0 Å². The van der Waals surface area contributed by atoms with Crippen LogP contribution in [-0.4, -0.2) is 124 Å². The van der Waals surface area contributed by atoms with Crippen molar-refractivity contribution in [3.63, 3.8) is 0 Å². The van der Waals surface area contributed by atoms with Gasteiger partial charge in [0.2, 0.25) is 0 Å². The molecule has 5 heterocycles.